The third kappa shape index (κ3) is 6.91. The van der Waals surface area contributed by atoms with Crippen LogP contribution in [-0.2, 0) is 0 Å². The quantitative estimate of drug-likeness (QED) is 0.156. The van der Waals surface area contributed by atoms with Gasteiger partial charge in [0.25, 0.3) is 0 Å². The summed E-state index contributed by atoms with van der Waals surface area (Å²) in [6.45, 7) is -0.501. The molecule has 0 fully saturated rings. The van der Waals surface area contributed by atoms with Crippen molar-refractivity contribution in [2.24, 2.45) is 0 Å². The Morgan fingerprint density at radius 3 is 1.91 bits per heavy atom. The predicted octanol–water partition coefficient (Wildman–Crippen LogP) is 13.7. The average Bonchev–Trinajstić information content (AvgIpc) is 3.68. The number of para-hydroxylation sites is 1. The third-order valence-corrected chi connectivity index (χ3v) is 10.5. The molecule has 4 nitrogen and oxygen atoms in total. The second-order valence-electron chi connectivity index (χ2n) is 14.4. The van der Waals surface area contributed by atoms with Crippen LogP contribution >= 0.6 is 0 Å². The second kappa shape index (κ2) is 14.9. The molecule has 0 radical (unpaired) electrons. The number of fused-ring (bicyclic) bond motifs is 1. The summed E-state index contributed by atoms with van der Waals surface area (Å²) in [7, 11) is 1.66. The van der Waals surface area contributed by atoms with E-state index in [9.17, 15) is 0 Å². The molecule has 0 saturated carbocycles. The minimum atomic E-state index is -2.38. The minimum absolute atomic E-state index is 0.221. The molecule has 0 bridgehead atoms. The number of nitrogens with zero attached hydrogens (tertiary/aromatic N) is 3. The van der Waals surface area contributed by atoms with Gasteiger partial charge in [-0.25, -0.2) is 4.98 Å². The predicted molar refractivity (Wildman–Crippen MR) is 237 cm³/mol. The first-order valence-electron chi connectivity index (χ1n) is 21.9. The molecule has 0 aliphatic carbocycles. The molecule has 276 valence electrons. The van der Waals surface area contributed by atoms with E-state index in [0.717, 1.165) is 83.5 Å². The van der Waals surface area contributed by atoms with Crippen LogP contribution in [0.4, 0.5) is 0 Å². The van der Waals surface area contributed by atoms with E-state index in [1.165, 1.54) is 0 Å². The van der Waals surface area contributed by atoms with Crippen LogP contribution < -0.4 is 4.74 Å². The normalized spacial score (nSPS) is 13.2. The van der Waals surface area contributed by atoms with Gasteiger partial charge in [-0.3, -0.25) is 9.55 Å². The topological polar surface area (TPSA) is 39.9 Å². The maximum Gasteiger partial charge on any atom is 0.149 e. The van der Waals surface area contributed by atoms with Crippen LogP contribution in [0.15, 0.2) is 170 Å². The van der Waals surface area contributed by atoms with E-state index in [2.05, 4.69) is 53.1 Å². The van der Waals surface area contributed by atoms with E-state index in [1.54, 1.807) is 37.6 Å². The Morgan fingerprint density at radius 1 is 0.509 bits per heavy atom. The van der Waals surface area contributed by atoms with Crippen molar-refractivity contribution in [1.29, 1.82) is 0 Å². The zero-order valence-electron chi connectivity index (χ0n) is 37.9. The summed E-state index contributed by atoms with van der Waals surface area (Å²) in [5.74, 6) is 1.29. The molecular weight excluding hydrogens is 695 g/mol. The molecule has 0 amide bonds. The van der Waals surface area contributed by atoms with Crippen molar-refractivity contribution in [2.45, 2.75) is 27.6 Å². The summed E-state index contributed by atoms with van der Waals surface area (Å²) in [4.78, 5) is 10.3. The Bertz CT molecular complexity index is 3140. The minimum Gasteiger partial charge on any atom is -0.496 e. The van der Waals surface area contributed by atoms with E-state index in [1.807, 2.05) is 105 Å². The van der Waals surface area contributed by atoms with Gasteiger partial charge in [0.15, 0.2) is 0 Å². The molecule has 9 rings (SSSR count). The number of benzene rings is 7. The van der Waals surface area contributed by atoms with Crippen molar-refractivity contribution >= 4 is 11.0 Å². The lowest BCUT2D eigenvalue weighted by Gasteiger charge is -2.16. The molecule has 0 N–H and O–H groups in total. The van der Waals surface area contributed by atoms with Gasteiger partial charge in [-0.2, -0.15) is 0 Å². The lowest BCUT2D eigenvalue weighted by Crippen LogP contribution is -2.01. The van der Waals surface area contributed by atoms with Gasteiger partial charge in [0.2, 0.25) is 0 Å². The first-order chi connectivity index (χ1) is 30.2. The van der Waals surface area contributed by atoms with E-state index in [-0.39, 0.29) is 11.1 Å². The largest absolute Gasteiger partial charge is 0.496 e. The molecule has 2 aromatic heterocycles. The number of aryl methyl sites for hydroxylation is 4. The van der Waals surface area contributed by atoms with Crippen LogP contribution in [0, 0.1) is 27.6 Å². The number of hydrogen-bond donors (Lipinski definition) is 0. The molecule has 4 heteroatoms. The molecular formula is C53H43N3O. The first-order valence-corrected chi connectivity index (χ1v) is 18.9. The summed E-state index contributed by atoms with van der Waals surface area (Å²) in [5.41, 5.74) is 14.4. The maximum absolute atomic E-state index is 8.54. The van der Waals surface area contributed by atoms with Gasteiger partial charge >= 0.3 is 0 Å². The fourth-order valence-electron chi connectivity index (χ4n) is 7.86. The Balaban J connectivity index is 1.29. The summed E-state index contributed by atoms with van der Waals surface area (Å²) in [6.07, 6.45) is 1.78. The highest BCUT2D eigenvalue weighted by atomic mass is 16.5. The smallest absolute Gasteiger partial charge is 0.149 e. The average molecular weight is 744 g/mol. The SMILES string of the molecule is [2H]C([2H])([2H])c1ccc(-c2ccnc(-c3cc(-c4ccccc4)cc(-c4cccc5c4nc(-c4cc(C)cc(C)c4OC)n5-c4cc(-c5ccccc5)cc(C([2H])([2H])[2H])c4)c3)c2)cc1. The number of hydrogen-bond acceptors (Lipinski definition) is 3. The summed E-state index contributed by atoms with van der Waals surface area (Å²) in [6, 6.07) is 53.2. The number of rotatable bonds is 8. The number of pyridine rings is 1. The molecule has 2 heterocycles. The molecule has 0 aliphatic rings. The highest BCUT2D eigenvalue weighted by Crippen LogP contribution is 2.42. The molecule has 0 spiro atoms. The second-order valence-corrected chi connectivity index (χ2v) is 14.4. The number of methoxy groups -OCH3 is 1. The molecule has 0 atom stereocenters. The standard InChI is InChI=1S/C53H43N3O/c1-34-19-21-40(22-20-34)41-23-24-54-49(33-41)45-30-43(39-15-10-7-11-16-39)29-44(31-45)47-17-12-18-50-51(47)55-53(48-28-35(2)25-37(4)52(48)57-5)56(50)46-27-36(3)26-42(32-46)38-13-8-6-9-14-38/h6-33H,1-5H3/i1D3,3D3. The Labute approximate surface area is 343 Å². The third-order valence-electron chi connectivity index (χ3n) is 10.5. The van der Waals surface area contributed by atoms with Crippen LogP contribution in [0.25, 0.3) is 83.9 Å². The summed E-state index contributed by atoms with van der Waals surface area (Å²) >= 11 is 0. The van der Waals surface area contributed by atoms with Crippen molar-refractivity contribution in [1.82, 2.24) is 14.5 Å². The van der Waals surface area contributed by atoms with Crippen LogP contribution in [0.2, 0.25) is 0 Å². The van der Waals surface area contributed by atoms with Crippen molar-refractivity contribution in [3.05, 3.63) is 192 Å². The van der Waals surface area contributed by atoms with E-state index >= 15 is 0 Å². The number of ether oxygens (including phenoxy) is 1. The zero-order valence-corrected chi connectivity index (χ0v) is 31.9. The molecule has 9 aromatic rings. The Morgan fingerprint density at radius 2 is 1.19 bits per heavy atom. The van der Waals surface area contributed by atoms with Gasteiger partial charge in [0.1, 0.15) is 11.6 Å². The van der Waals surface area contributed by atoms with Crippen LogP contribution in [0.3, 0.4) is 0 Å². The molecule has 0 unspecified atom stereocenters. The number of aromatic nitrogens is 3. The van der Waals surface area contributed by atoms with Crippen LogP contribution in [0.5, 0.6) is 5.75 Å². The van der Waals surface area contributed by atoms with Gasteiger partial charge < -0.3 is 4.74 Å². The maximum atomic E-state index is 8.54. The fourth-order valence-corrected chi connectivity index (χ4v) is 7.86. The van der Waals surface area contributed by atoms with E-state index < -0.39 is 13.7 Å². The fraction of sp³-hybridized carbons (Fsp3) is 0.0943. The van der Waals surface area contributed by atoms with E-state index in [0.29, 0.717) is 17.3 Å². The Hall–Kier alpha value is -7.04. The van der Waals surface area contributed by atoms with E-state index in [4.69, 9.17) is 22.9 Å². The van der Waals surface area contributed by atoms with Crippen molar-refractivity contribution in [3.8, 4) is 78.6 Å². The monoisotopic (exact) mass is 743 g/mol. The molecule has 7 aromatic carbocycles. The van der Waals surface area contributed by atoms with Gasteiger partial charge in [-0.15, -0.1) is 0 Å². The first kappa shape index (κ1) is 29.3. The van der Waals surface area contributed by atoms with Gasteiger partial charge in [0.05, 0.1) is 29.4 Å². The van der Waals surface area contributed by atoms with Crippen LogP contribution in [0.1, 0.15) is 30.5 Å². The molecule has 57 heavy (non-hydrogen) atoms. The molecule has 0 aliphatic heterocycles. The highest BCUT2D eigenvalue weighted by molar-refractivity contribution is 5.98. The lowest BCUT2D eigenvalue weighted by molar-refractivity contribution is 0.413. The van der Waals surface area contributed by atoms with Crippen LogP contribution in [-0.4, -0.2) is 21.6 Å². The van der Waals surface area contributed by atoms with Crippen molar-refractivity contribution in [2.75, 3.05) is 7.11 Å². The van der Waals surface area contributed by atoms with Gasteiger partial charge in [-0.05, 0) is 138 Å². The molecule has 0 saturated heterocycles. The van der Waals surface area contributed by atoms with Gasteiger partial charge in [0, 0.05) is 31.2 Å². The zero-order chi connectivity index (χ0) is 44.0. The number of imidazole rings is 1. The van der Waals surface area contributed by atoms with Gasteiger partial charge in [-0.1, -0.05) is 115 Å². The lowest BCUT2D eigenvalue weighted by atomic mass is 9.93. The Kier molecular flexibility index (Phi) is 7.65. The summed E-state index contributed by atoms with van der Waals surface area (Å²) < 4.78 is 57.2. The van der Waals surface area contributed by atoms with Crippen molar-refractivity contribution in [3.63, 3.8) is 0 Å². The highest BCUT2D eigenvalue weighted by Gasteiger charge is 2.23. The van der Waals surface area contributed by atoms with Crippen molar-refractivity contribution < 1.29 is 13.0 Å². The summed E-state index contributed by atoms with van der Waals surface area (Å²) in [5, 5.41) is 0.